The fourth-order valence-corrected chi connectivity index (χ4v) is 3.14. The van der Waals surface area contributed by atoms with Gasteiger partial charge in [-0.25, -0.2) is 4.79 Å². The highest BCUT2D eigenvalue weighted by Gasteiger charge is 2.44. The summed E-state index contributed by atoms with van der Waals surface area (Å²) in [5, 5.41) is 50.2. The number of amides is 1. The van der Waals surface area contributed by atoms with Gasteiger partial charge >= 0.3 is 11.6 Å². The second kappa shape index (κ2) is 9.41. The van der Waals surface area contributed by atoms with Gasteiger partial charge in [-0.2, -0.15) is 0 Å². The molecule has 1 aromatic heterocycles. The molecule has 31 heavy (non-hydrogen) atoms. The summed E-state index contributed by atoms with van der Waals surface area (Å²) in [7, 11) is 0. The maximum absolute atomic E-state index is 11.9. The number of ether oxygens (including phenoxy) is 2. The number of aliphatic carboxylic acids is 1. The van der Waals surface area contributed by atoms with E-state index in [0.717, 1.165) is 6.07 Å². The van der Waals surface area contributed by atoms with E-state index in [0.29, 0.717) is 10.9 Å². The van der Waals surface area contributed by atoms with Gasteiger partial charge in [0.2, 0.25) is 12.2 Å². The van der Waals surface area contributed by atoms with Crippen molar-refractivity contribution in [1.29, 1.82) is 0 Å². The van der Waals surface area contributed by atoms with Crippen LogP contribution in [0.5, 0.6) is 5.75 Å². The van der Waals surface area contributed by atoms with E-state index in [1.807, 2.05) is 0 Å². The van der Waals surface area contributed by atoms with Crippen molar-refractivity contribution < 1.29 is 49.0 Å². The minimum absolute atomic E-state index is 0.0515. The number of carbonyl (C=O) groups is 2. The fourth-order valence-electron chi connectivity index (χ4n) is 3.14. The van der Waals surface area contributed by atoms with Gasteiger partial charge in [0.15, 0.2) is 0 Å². The zero-order valence-corrected chi connectivity index (χ0v) is 16.0. The summed E-state index contributed by atoms with van der Waals surface area (Å²) in [5.41, 5.74) is -0.400. The lowest BCUT2D eigenvalue weighted by Crippen LogP contribution is -2.60. The number of hydrogen-bond donors (Lipinski definition) is 6. The van der Waals surface area contributed by atoms with Crippen LogP contribution in [0.1, 0.15) is 5.56 Å². The lowest BCUT2D eigenvalue weighted by atomic mass is 9.99. The van der Waals surface area contributed by atoms with Crippen LogP contribution in [0.15, 0.2) is 33.5 Å². The van der Waals surface area contributed by atoms with Gasteiger partial charge in [0.05, 0.1) is 13.0 Å². The first-order chi connectivity index (χ1) is 14.7. The molecule has 12 heteroatoms. The Kier molecular flexibility index (Phi) is 6.87. The van der Waals surface area contributed by atoms with Crippen molar-refractivity contribution in [3.63, 3.8) is 0 Å². The summed E-state index contributed by atoms with van der Waals surface area (Å²) in [4.78, 5) is 34.4. The van der Waals surface area contributed by atoms with Crippen LogP contribution < -0.4 is 15.7 Å². The first kappa shape index (κ1) is 22.7. The number of carboxylic acid groups (broad SMARTS) is 1. The Morgan fingerprint density at radius 3 is 2.52 bits per heavy atom. The molecular weight excluding hydrogens is 418 g/mol. The van der Waals surface area contributed by atoms with Gasteiger partial charge in [0, 0.05) is 17.5 Å². The average molecular weight is 439 g/mol. The van der Waals surface area contributed by atoms with E-state index in [2.05, 4.69) is 5.32 Å². The predicted octanol–water partition coefficient (Wildman–Crippen LogP) is -2.28. The molecule has 0 radical (unpaired) electrons. The van der Waals surface area contributed by atoms with Gasteiger partial charge in [-0.05, 0) is 17.7 Å². The fraction of sp³-hybridized carbons (Fsp3) is 0.421. The molecule has 1 aliphatic rings. The van der Waals surface area contributed by atoms with Crippen LogP contribution in [-0.4, -0.2) is 81.3 Å². The third-order valence-corrected chi connectivity index (χ3v) is 4.69. The summed E-state index contributed by atoms with van der Waals surface area (Å²) in [5.74, 6) is -1.73. The van der Waals surface area contributed by atoms with Gasteiger partial charge < -0.3 is 44.7 Å². The van der Waals surface area contributed by atoms with Gasteiger partial charge in [-0.3, -0.25) is 9.59 Å². The largest absolute Gasteiger partial charge is 0.480 e. The molecule has 2 aromatic rings. The Balaban J connectivity index is 1.82. The number of hydrogen-bond acceptors (Lipinski definition) is 10. The average Bonchev–Trinajstić information content (AvgIpc) is 2.72. The highest BCUT2D eigenvalue weighted by Crippen LogP contribution is 2.27. The number of benzene rings is 1. The first-order valence-electron chi connectivity index (χ1n) is 9.22. The summed E-state index contributed by atoms with van der Waals surface area (Å²) >= 11 is 0. The molecule has 0 saturated carbocycles. The van der Waals surface area contributed by atoms with Crippen molar-refractivity contribution in [3.05, 3.63) is 40.2 Å². The third-order valence-electron chi connectivity index (χ3n) is 4.69. The SMILES string of the molecule is O=C(O)CNC(=O)Cc1cc(=O)oc2cc(OC3OC(CO)C(O)C(O)C3O)ccc12. The lowest BCUT2D eigenvalue weighted by molar-refractivity contribution is -0.277. The van der Waals surface area contributed by atoms with Crippen LogP contribution in [0.3, 0.4) is 0 Å². The van der Waals surface area contributed by atoms with Crippen molar-refractivity contribution in [1.82, 2.24) is 5.32 Å². The van der Waals surface area contributed by atoms with E-state index < -0.39 is 61.4 Å². The van der Waals surface area contributed by atoms with E-state index in [1.165, 1.54) is 18.2 Å². The molecule has 168 valence electrons. The molecule has 0 aliphatic carbocycles. The highest BCUT2D eigenvalue weighted by molar-refractivity contribution is 5.88. The smallest absolute Gasteiger partial charge is 0.336 e. The maximum Gasteiger partial charge on any atom is 0.336 e. The third kappa shape index (κ3) is 5.18. The van der Waals surface area contributed by atoms with Crippen LogP contribution >= 0.6 is 0 Å². The number of fused-ring (bicyclic) bond motifs is 1. The van der Waals surface area contributed by atoms with Crippen LogP contribution in [0.2, 0.25) is 0 Å². The molecule has 12 nitrogen and oxygen atoms in total. The van der Waals surface area contributed by atoms with Crippen LogP contribution in [0.4, 0.5) is 0 Å². The zero-order chi connectivity index (χ0) is 22.7. The molecule has 3 rings (SSSR count). The Morgan fingerprint density at radius 1 is 1.10 bits per heavy atom. The molecule has 6 N–H and O–H groups in total. The number of nitrogens with one attached hydrogen (secondary N) is 1. The van der Waals surface area contributed by atoms with E-state index >= 15 is 0 Å². The molecule has 1 saturated heterocycles. The molecule has 5 atom stereocenters. The summed E-state index contributed by atoms with van der Waals surface area (Å²) in [6, 6.07) is 5.33. The Bertz CT molecular complexity index is 1020. The Hall–Kier alpha value is -3.03. The molecule has 1 aromatic carbocycles. The number of aliphatic hydroxyl groups is 4. The van der Waals surface area contributed by atoms with Crippen LogP contribution in [0, 0.1) is 0 Å². The van der Waals surface area contributed by atoms with Crippen molar-refractivity contribution in [2.75, 3.05) is 13.2 Å². The maximum atomic E-state index is 11.9. The zero-order valence-electron chi connectivity index (χ0n) is 16.0. The van der Waals surface area contributed by atoms with E-state index in [-0.39, 0.29) is 17.8 Å². The second-order valence-electron chi connectivity index (χ2n) is 6.91. The predicted molar refractivity (Wildman–Crippen MR) is 101 cm³/mol. The van der Waals surface area contributed by atoms with Crippen LogP contribution in [0.25, 0.3) is 11.0 Å². The number of aliphatic hydroxyl groups excluding tert-OH is 4. The summed E-state index contributed by atoms with van der Waals surface area (Å²) in [6.45, 7) is -1.18. The van der Waals surface area contributed by atoms with Crippen molar-refractivity contribution >= 4 is 22.8 Å². The number of rotatable bonds is 7. The van der Waals surface area contributed by atoms with Crippen molar-refractivity contribution in [3.8, 4) is 5.75 Å². The molecular formula is C19H21NO11. The topological polar surface area (TPSA) is 196 Å². The molecule has 0 bridgehead atoms. The minimum atomic E-state index is -1.62. The van der Waals surface area contributed by atoms with E-state index in [1.54, 1.807) is 0 Å². The highest BCUT2D eigenvalue weighted by atomic mass is 16.7. The summed E-state index contributed by atoms with van der Waals surface area (Å²) < 4.78 is 15.9. The molecule has 2 heterocycles. The number of carboxylic acids is 1. The number of carbonyl (C=O) groups excluding carboxylic acids is 1. The Morgan fingerprint density at radius 2 is 1.84 bits per heavy atom. The quantitative estimate of drug-likeness (QED) is 0.254. The second-order valence-corrected chi connectivity index (χ2v) is 6.91. The molecule has 1 aliphatic heterocycles. The van der Waals surface area contributed by atoms with Gasteiger partial charge in [0.1, 0.15) is 42.3 Å². The lowest BCUT2D eigenvalue weighted by Gasteiger charge is -2.39. The van der Waals surface area contributed by atoms with Gasteiger partial charge in [-0.1, -0.05) is 0 Å². The monoisotopic (exact) mass is 439 g/mol. The minimum Gasteiger partial charge on any atom is -0.480 e. The van der Waals surface area contributed by atoms with Gasteiger partial charge in [-0.15, -0.1) is 0 Å². The van der Waals surface area contributed by atoms with Crippen molar-refractivity contribution in [2.45, 2.75) is 37.1 Å². The standard InChI is InChI=1S/C19H21NO11/c21-7-12-16(26)17(27)18(28)19(31-12)29-9-1-2-10-8(3-13(22)20-6-14(23)24)4-15(25)30-11(10)5-9/h1-2,4-5,12,16-19,21,26-28H,3,6-7H2,(H,20,22)(H,23,24). The van der Waals surface area contributed by atoms with E-state index in [4.69, 9.17) is 19.0 Å². The Labute approximate surface area is 174 Å². The first-order valence-corrected chi connectivity index (χ1v) is 9.22. The molecule has 5 unspecified atom stereocenters. The molecule has 1 fully saturated rings. The van der Waals surface area contributed by atoms with Gasteiger partial charge in [0.25, 0.3) is 0 Å². The van der Waals surface area contributed by atoms with E-state index in [9.17, 15) is 34.8 Å². The normalized spacial score (nSPS) is 25.9. The summed E-state index contributed by atoms with van der Waals surface area (Å²) in [6.07, 6.45) is -7.62. The van der Waals surface area contributed by atoms with Crippen LogP contribution in [-0.2, 0) is 20.7 Å². The van der Waals surface area contributed by atoms with Crippen molar-refractivity contribution in [2.24, 2.45) is 0 Å². The molecule has 0 spiro atoms. The molecule has 1 amide bonds.